The van der Waals surface area contributed by atoms with Crippen molar-refractivity contribution in [2.24, 2.45) is 0 Å². The van der Waals surface area contributed by atoms with Gasteiger partial charge in [0.05, 0.1) is 14.2 Å². The summed E-state index contributed by atoms with van der Waals surface area (Å²) in [6.45, 7) is 0.00492. The van der Waals surface area contributed by atoms with E-state index < -0.39 is 6.10 Å². The number of aryl methyl sites for hydroxylation is 1. The highest BCUT2D eigenvalue weighted by molar-refractivity contribution is 7.08. The number of methoxy groups -OCH3 is 2. The van der Waals surface area contributed by atoms with Crippen molar-refractivity contribution in [2.75, 3.05) is 27.4 Å². The largest absolute Gasteiger partial charge is 0.493 e. The van der Waals surface area contributed by atoms with Crippen molar-refractivity contribution in [3.8, 4) is 28.7 Å². The lowest BCUT2D eigenvalue weighted by molar-refractivity contribution is -0.121. The maximum atomic E-state index is 12.0. The summed E-state index contributed by atoms with van der Waals surface area (Å²) in [6, 6.07) is 7.12. The normalized spacial score (nSPS) is 11.7. The molecule has 3 rings (SSSR count). The number of hydrogen-bond acceptors (Lipinski definition) is 9. The van der Waals surface area contributed by atoms with Crippen molar-refractivity contribution in [3.05, 3.63) is 40.9 Å². The number of nitrogens with one attached hydrogen (secondary N) is 1. The first-order valence-corrected chi connectivity index (χ1v) is 10.2. The van der Waals surface area contributed by atoms with Crippen LogP contribution in [-0.2, 0) is 11.2 Å². The third-order valence-corrected chi connectivity index (χ3v) is 4.82. The Labute approximate surface area is 177 Å². The van der Waals surface area contributed by atoms with E-state index in [-0.39, 0.29) is 25.5 Å². The lowest BCUT2D eigenvalue weighted by atomic mass is 10.2. The van der Waals surface area contributed by atoms with E-state index in [9.17, 15) is 9.90 Å². The van der Waals surface area contributed by atoms with Crippen LogP contribution in [-0.4, -0.2) is 54.7 Å². The molecule has 1 amide bonds. The number of nitrogens with zero attached hydrogens (tertiary/aromatic N) is 2. The molecule has 30 heavy (non-hydrogen) atoms. The van der Waals surface area contributed by atoms with Gasteiger partial charge >= 0.3 is 0 Å². The standard InChI is InChI=1S/C20H23N3O6S/c1-26-15-4-3-5-16(27-2)19(15)28-11-14(24)10-21-17(25)6-7-18-22-23-20(29-18)13-8-9-30-12-13/h3-5,8-9,12,14,24H,6-7,10-11H2,1-2H3,(H,21,25). The first-order chi connectivity index (χ1) is 14.6. The van der Waals surface area contributed by atoms with Gasteiger partial charge in [0.25, 0.3) is 0 Å². The van der Waals surface area contributed by atoms with Crippen molar-refractivity contribution in [2.45, 2.75) is 18.9 Å². The van der Waals surface area contributed by atoms with Gasteiger partial charge < -0.3 is 29.1 Å². The summed E-state index contributed by atoms with van der Waals surface area (Å²) >= 11 is 1.54. The maximum absolute atomic E-state index is 12.0. The molecule has 10 heteroatoms. The molecule has 1 atom stereocenters. The number of para-hydroxylation sites is 1. The molecule has 0 aliphatic carbocycles. The number of rotatable bonds is 11. The smallest absolute Gasteiger partial charge is 0.248 e. The molecule has 2 N–H and O–H groups in total. The number of amides is 1. The van der Waals surface area contributed by atoms with E-state index in [1.165, 1.54) is 25.6 Å². The lowest BCUT2D eigenvalue weighted by Gasteiger charge is -2.17. The molecule has 9 nitrogen and oxygen atoms in total. The van der Waals surface area contributed by atoms with Gasteiger partial charge in [-0.05, 0) is 23.6 Å². The molecule has 0 bridgehead atoms. The van der Waals surface area contributed by atoms with Gasteiger partial charge in [-0.1, -0.05) is 6.07 Å². The second-order valence-corrected chi connectivity index (χ2v) is 7.05. The molecule has 2 heterocycles. The number of carbonyl (C=O) groups is 1. The van der Waals surface area contributed by atoms with Crippen molar-refractivity contribution < 1.29 is 28.5 Å². The SMILES string of the molecule is COc1cccc(OC)c1OCC(O)CNC(=O)CCc1nnc(-c2ccsc2)o1. The predicted octanol–water partition coefficient (Wildman–Crippen LogP) is 2.30. The van der Waals surface area contributed by atoms with Crippen LogP contribution < -0.4 is 19.5 Å². The van der Waals surface area contributed by atoms with Gasteiger partial charge in [-0.3, -0.25) is 4.79 Å². The first-order valence-electron chi connectivity index (χ1n) is 9.24. The molecular formula is C20H23N3O6S. The molecule has 0 saturated carbocycles. The fourth-order valence-corrected chi connectivity index (χ4v) is 3.23. The van der Waals surface area contributed by atoms with Crippen molar-refractivity contribution in [3.63, 3.8) is 0 Å². The molecule has 0 spiro atoms. The van der Waals surface area contributed by atoms with Gasteiger partial charge in [-0.2, -0.15) is 11.3 Å². The van der Waals surface area contributed by atoms with Crippen LogP contribution in [0, 0.1) is 0 Å². The average Bonchev–Trinajstić information content (AvgIpc) is 3.46. The second-order valence-electron chi connectivity index (χ2n) is 6.27. The molecule has 0 aliphatic heterocycles. The number of thiophene rings is 1. The molecule has 0 aliphatic rings. The van der Waals surface area contributed by atoms with Gasteiger partial charge in [-0.15, -0.1) is 10.2 Å². The van der Waals surface area contributed by atoms with E-state index in [4.69, 9.17) is 18.6 Å². The summed E-state index contributed by atoms with van der Waals surface area (Å²) in [4.78, 5) is 12.0. The topological polar surface area (TPSA) is 116 Å². The van der Waals surface area contributed by atoms with Crippen LogP contribution in [0.1, 0.15) is 12.3 Å². The van der Waals surface area contributed by atoms with Gasteiger partial charge in [0, 0.05) is 30.3 Å². The summed E-state index contributed by atoms with van der Waals surface area (Å²) in [5, 5.41) is 24.5. The Morgan fingerprint density at radius 3 is 2.67 bits per heavy atom. The second kappa shape index (κ2) is 10.6. The third-order valence-electron chi connectivity index (χ3n) is 4.14. The van der Waals surface area contributed by atoms with Gasteiger partial charge in [0.1, 0.15) is 12.7 Å². The summed E-state index contributed by atoms with van der Waals surface area (Å²) in [6.07, 6.45) is -0.426. The van der Waals surface area contributed by atoms with Gasteiger partial charge in [-0.25, -0.2) is 0 Å². The van der Waals surface area contributed by atoms with Crippen LogP contribution in [0.15, 0.2) is 39.4 Å². The van der Waals surface area contributed by atoms with Crippen LogP contribution in [0.2, 0.25) is 0 Å². The maximum Gasteiger partial charge on any atom is 0.248 e. The van der Waals surface area contributed by atoms with Crippen LogP contribution in [0.25, 0.3) is 11.5 Å². The Morgan fingerprint density at radius 1 is 1.23 bits per heavy atom. The number of aliphatic hydroxyl groups excluding tert-OH is 1. The predicted molar refractivity (Wildman–Crippen MR) is 110 cm³/mol. The van der Waals surface area contributed by atoms with E-state index in [0.717, 1.165) is 5.56 Å². The number of carbonyl (C=O) groups excluding carboxylic acids is 1. The minimum absolute atomic E-state index is 0.0370. The zero-order valence-electron chi connectivity index (χ0n) is 16.7. The average molecular weight is 433 g/mol. The molecule has 0 fully saturated rings. The molecule has 3 aromatic rings. The lowest BCUT2D eigenvalue weighted by Crippen LogP contribution is -2.35. The molecule has 1 unspecified atom stereocenters. The van der Waals surface area contributed by atoms with Crippen LogP contribution in [0.3, 0.4) is 0 Å². The fourth-order valence-electron chi connectivity index (χ4n) is 2.60. The summed E-state index contributed by atoms with van der Waals surface area (Å²) in [7, 11) is 3.04. The fraction of sp³-hybridized carbons (Fsp3) is 0.350. The summed E-state index contributed by atoms with van der Waals surface area (Å²) < 4.78 is 21.7. The Kier molecular flexibility index (Phi) is 7.63. The molecule has 2 aromatic heterocycles. The summed E-state index contributed by atoms with van der Waals surface area (Å²) in [5.41, 5.74) is 0.859. The Hall–Kier alpha value is -3.11. The highest BCUT2D eigenvalue weighted by Gasteiger charge is 2.15. The van der Waals surface area contributed by atoms with Gasteiger partial charge in [0.2, 0.25) is 23.4 Å². The Balaban J connectivity index is 1.41. The molecule has 0 radical (unpaired) electrons. The van der Waals surface area contributed by atoms with E-state index in [1.807, 2.05) is 16.8 Å². The number of hydrogen-bond donors (Lipinski definition) is 2. The number of aliphatic hydroxyl groups is 1. The molecule has 0 saturated heterocycles. The van der Waals surface area contributed by atoms with E-state index in [0.29, 0.717) is 35.5 Å². The minimum Gasteiger partial charge on any atom is -0.493 e. The van der Waals surface area contributed by atoms with E-state index >= 15 is 0 Å². The number of benzene rings is 1. The van der Waals surface area contributed by atoms with Gasteiger partial charge in [0.15, 0.2) is 11.5 Å². The molecule has 1 aromatic carbocycles. The highest BCUT2D eigenvalue weighted by Crippen LogP contribution is 2.36. The summed E-state index contributed by atoms with van der Waals surface area (Å²) in [5.74, 6) is 1.97. The van der Waals surface area contributed by atoms with E-state index in [2.05, 4.69) is 15.5 Å². The quantitative estimate of drug-likeness (QED) is 0.473. The highest BCUT2D eigenvalue weighted by atomic mass is 32.1. The zero-order chi connectivity index (χ0) is 21.3. The van der Waals surface area contributed by atoms with Crippen molar-refractivity contribution in [1.82, 2.24) is 15.5 Å². The Morgan fingerprint density at radius 2 is 2.00 bits per heavy atom. The minimum atomic E-state index is -0.905. The zero-order valence-corrected chi connectivity index (χ0v) is 17.5. The van der Waals surface area contributed by atoms with Crippen molar-refractivity contribution >= 4 is 17.2 Å². The number of aromatic nitrogens is 2. The van der Waals surface area contributed by atoms with Crippen LogP contribution in [0.4, 0.5) is 0 Å². The van der Waals surface area contributed by atoms with E-state index in [1.54, 1.807) is 18.2 Å². The first kappa shape index (κ1) is 21.6. The Bertz CT molecular complexity index is 922. The van der Waals surface area contributed by atoms with Crippen molar-refractivity contribution in [1.29, 1.82) is 0 Å². The van der Waals surface area contributed by atoms with Crippen LogP contribution in [0.5, 0.6) is 17.2 Å². The monoisotopic (exact) mass is 433 g/mol. The van der Waals surface area contributed by atoms with Crippen LogP contribution >= 0.6 is 11.3 Å². The molecule has 160 valence electrons. The molecular weight excluding hydrogens is 410 g/mol. The number of ether oxygens (including phenoxy) is 3. The third kappa shape index (κ3) is 5.71.